The summed E-state index contributed by atoms with van der Waals surface area (Å²) in [5.74, 6) is 0. The molecule has 4 heteroatoms. The molecule has 2 nitrogen and oxygen atoms in total. The molecule has 80 valence electrons. The van der Waals surface area contributed by atoms with E-state index in [2.05, 4.69) is 30.5 Å². The van der Waals surface area contributed by atoms with Crippen molar-refractivity contribution in [2.45, 2.75) is 17.4 Å². The largest absolute Gasteiger partial charge is 0.330 e. The molecule has 0 aliphatic heterocycles. The first-order valence-corrected chi connectivity index (χ1v) is 5.60. The van der Waals surface area contributed by atoms with E-state index >= 15 is 0 Å². The van der Waals surface area contributed by atoms with E-state index in [4.69, 9.17) is 11.5 Å². The SMILES string of the molecule is CSc1ccc([C@@H](N)CCN)cc1.Cl. The van der Waals surface area contributed by atoms with Crippen LogP contribution in [0, 0.1) is 0 Å². The highest BCUT2D eigenvalue weighted by Gasteiger charge is 2.03. The van der Waals surface area contributed by atoms with E-state index in [1.54, 1.807) is 11.8 Å². The van der Waals surface area contributed by atoms with Gasteiger partial charge in [0.2, 0.25) is 0 Å². The smallest absolute Gasteiger partial charge is 0.0306 e. The molecule has 0 saturated heterocycles. The Hall–Kier alpha value is -0.220. The lowest BCUT2D eigenvalue weighted by atomic mass is 10.1. The lowest BCUT2D eigenvalue weighted by Crippen LogP contribution is -2.15. The molecule has 0 spiro atoms. The number of nitrogens with two attached hydrogens (primary N) is 2. The van der Waals surface area contributed by atoms with E-state index in [1.165, 1.54) is 10.5 Å². The summed E-state index contributed by atoms with van der Waals surface area (Å²) in [4.78, 5) is 1.27. The third kappa shape index (κ3) is 3.88. The molecule has 0 radical (unpaired) electrons. The molecule has 1 atom stereocenters. The van der Waals surface area contributed by atoms with Gasteiger partial charge in [-0.25, -0.2) is 0 Å². The minimum absolute atomic E-state index is 0. The topological polar surface area (TPSA) is 52.0 Å². The molecule has 0 aromatic heterocycles. The van der Waals surface area contributed by atoms with Crippen molar-refractivity contribution in [3.8, 4) is 0 Å². The predicted molar refractivity (Wildman–Crippen MR) is 66.1 cm³/mol. The lowest BCUT2D eigenvalue weighted by Gasteiger charge is -2.10. The fourth-order valence-electron chi connectivity index (χ4n) is 1.20. The standard InChI is InChI=1S/C10H16N2S.ClH/c1-13-9-4-2-8(3-5-9)10(12)6-7-11;/h2-5,10H,6-7,11-12H2,1H3;1H/t10-;/m0./s1. The average molecular weight is 233 g/mol. The van der Waals surface area contributed by atoms with Crippen molar-refractivity contribution in [1.29, 1.82) is 0 Å². The molecular weight excluding hydrogens is 216 g/mol. The van der Waals surface area contributed by atoms with E-state index in [0.29, 0.717) is 6.54 Å². The molecule has 0 bridgehead atoms. The molecule has 0 aliphatic carbocycles. The van der Waals surface area contributed by atoms with Gasteiger partial charge in [-0.1, -0.05) is 12.1 Å². The van der Waals surface area contributed by atoms with Gasteiger partial charge in [-0.2, -0.15) is 0 Å². The molecule has 0 fully saturated rings. The molecule has 4 N–H and O–H groups in total. The van der Waals surface area contributed by atoms with E-state index in [9.17, 15) is 0 Å². The summed E-state index contributed by atoms with van der Waals surface area (Å²) >= 11 is 1.74. The molecule has 1 rings (SSSR count). The van der Waals surface area contributed by atoms with Crippen LogP contribution in [0.3, 0.4) is 0 Å². The summed E-state index contributed by atoms with van der Waals surface area (Å²) in [5.41, 5.74) is 12.5. The second-order valence-corrected chi connectivity index (χ2v) is 3.84. The predicted octanol–water partition coefficient (Wildman–Crippen LogP) is 2.18. The molecule has 14 heavy (non-hydrogen) atoms. The zero-order valence-electron chi connectivity index (χ0n) is 8.27. The van der Waals surface area contributed by atoms with E-state index in [-0.39, 0.29) is 18.4 Å². The van der Waals surface area contributed by atoms with E-state index in [1.807, 2.05) is 0 Å². The van der Waals surface area contributed by atoms with Crippen LogP contribution in [-0.4, -0.2) is 12.8 Å². The highest BCUT2D eigenvalue weighted by molar-refractivity contribution is 7.98. The number of hydrogen-bond donors (Lipinski definition) is 2. The van der Waals surface area contributed by atoms with Gasteiger partial charge in [0, 0.05) is 10.9 Å². The van der Waals surface area contributed by atoms with Gasteiger partial charge in [-0.05, 0) is 36.9 Å². The summed E-state index contributed by atoms with van der Waals surface area (Å²) in [5, 5.41) is 0. The fraction of sp³-hybridized carbons (Fsp3) is 0.400. The maximum atomic E-state index is 5.91. The molecule has 0 amide bonds. The summed E-state index contributed by atoms with van der Waals surface area (Å²) in [6.45, 7) is 0.644. The van der Waals surface area contributed by atoms with Crippen LogP contribution >= 0.6 is 24.2 Å². The average Bonchev–Trinajstić information content (AvgIpc) is 2.18. The zero-order chi connectivity index (χ0) is 9.68. The number of halogens is 1. The van der Waals surface area contributed by atoms with Crippen molar-refractivity contribution in [3.05, 3.63) is 29.8 Å². The second kappa shape index (κ2) is 7.12. The van der Waals surface area contributed by atoms with Crippen LogP contribution in [0.25, 0.3) is 0 Å². The van der Waals surface area contributed by atoms with Gasteiger partial charge < -0.3 is 11.5 Å². The molecule has 0 heterocycles. The number of hydrogen-bond acceptors (Lipinski definition) is 3. The van der Waals surface area contributed by atoms with Crippen molar-refractivity contribution in [1.82, 2.24) is 0 Å². The van der Waals surface area contributed by atoms with Crippen LogP contribution < -0.4 is 11.5 Å². The van der Waals surface area contributed by atoms with Crippen molar-refractivity contribution in [2.24, 2.45) is 11.5 Å². The minimum Gasteiger partial charge on any atom is -0.330 e. The van der Waals surface area contributed by atoms with E-state index < -0.39 is 0 Å². The van der Waals surface area contributed by atoms with Crippen molar-refractivity contribution < 1.29 is 0 Å². The Balaban J connectivity index is 0.00000169. The Kier molecular flexibility index (Phi) is 7.01. The quantitative estimate of drug-likeness (QED) is 0.783. The molecule has 0 aliphatic rings. The molecule has 0 saturated carbocycles. The lowest BCUT2D eigenvalue weighted by molar-refractivity contribution is 0.661. The number of thioether (sulfide) groups is 1. The third-order valence-electron chi connectivity index (χ3n) is 2.02. The van der Waals surface area contributed by atoms with E-state index in [0.717, 1.165) is 6.42 Å². The summed E-state index contributed by atoms with van der Waals surface area (Å²) in [6, 6.07) is 8.42. The van der Waals surface area contributed by atoms with Crippen molar-refractivity contribution in [2.75, 3.05) is 12.8 Å². The number of benzene rings is 1. The Morgan fingerprint density at radius 3 is 2.29 bits per heavy atom. The summed E-state index contributed by atoms with van der Waals surface area (Å²) in [7, 11) is 0. The Labute approximate surface area is 95.8 Å². The van der Waals surface area contributed by atoms with Gasteiger partial charge in [-0.3, -0.25) is 0 Å². The molecule has 0 unspecified atom stereocenters. The Morgan fingerprint density at radius 2 is 1.86 bits per heavy atom. The van der Waals surface area contributed by atoms with Crippen molar-refractivity contribution >= 4 is 24.2 Å². The minimum atomic E-state index is 0. The Bertz CT molecular complexity index is 251. The third-order valence-corrected chi connectivity index (χ3v) is 2.77. The van der Waals surface area contributed by atoms with Gasteiger partial charge in [-0.15, -0.1) is 24.2 Å². The maximum Gasteiger partial charge on any atom is 0.0306 e. The van der Waals surface area contributed by atoms with Gasteiger partial charge in [0.05, 0.1) is 0 Å². The van der Waals surface area contributed by atoms with Gasteiger partial charge in [0.1, 0.15) is 0 Å². The van der Waals surface area contributed by atoms with Crippen molar-refractivity contribution in [3.63, 3.8) is 0 Å². The van der Waals surface area contributed by atoms with Crippen LogP contribution in [0.5, 0.6) is 0 Å². The maximum absolute atomic E-state index is 5.91. The van der Waals surface area contributed by atoms with Crippen LogP contribution in [0.15, 0.2) is 29.2 Å². The van der Waals surface area contributed by atoms with Crippen LogP contribution in [-0.2, 0) is 0 Å². The summed E-state index contributed by atoms with van der Waals surface area (Å²) < 4.78 is 0. The van der Waals surface area contributed by atoms with Gasteiger partial charge in [0.25, 0.3) is 0 Å². The van der Waals surface area contributed by atoms with Crippen LogP contribution in [0.2, 0.25) is 0 Å². The first-order valence-electron chi connectivity index (χ1n) is 4.37. The van der Waals surface area contributed by atoms with Gasteiger partial charge in [0.15, 0.2) is 0 Å². The fourth-order valence-corrected chi connectivity index (χ4v) is 1.61. The molecular formula is C10H17ClN2S. The van der Waals surface area contributed by atoms with Crippen LogP contribution in [0.4, 0.5) is 0 Å². The second-order valence-electron chi connectivity index (χ2n) is 2.96. The first-order chi connectivity index (χ1) is 6.27. The van der Waals surface area contributed by atoms with Crippen LogP contribution in [0.1, 0.15) is 18.0 Å². The monoisotopic (exact) mass is 232 g/mol. The molecule has 1 aromatic carbocycles. The highest BCUT2D eigenvalue weighted by Crippen LogP contribution is 2.18. The Morgan fingerprint density at radius 1 is 1.29 bits per heavy atom. The zero-order valence-corrected chi connectivity index (χ0v) is 9.91. The van der Waals surface area contributed by atoms with Gasteiger partial charge >= 0.3 is 0 Å². The molecule has 1 aromatic rings. The number of rotatable bonds is 4. The normalized spacial score (nSPS) is 11.9. The first kappa shape index (κ1) is 13.8. The highest BCUT2D eigenvalue weighted by atomic mass is 35.5. The summed E-state index contributed by atoms with van der Waals surface area (Å²) in [6.07, 6.45) is 2.91.